The summed E-state index contributed by atoms with van der Waals surface area (Å²) in [7, 11) is 0. The number of carbonyl (C=O) groups is 2. The first-order valence-corrected chi connectivity index (χ1v) is 10.6. The third-order valence-electron chi connectivity index (χ3n) is 4.81. The maximum atomic E-state index is 14.6. The van der Waals surface area contributed by atoms with Gasteiger partial charge in [0.2, 0.25) is 5.91 Å². The molecular weight excluding hydrogens is 476 g/mol. The first kappa shape index (κ1) is 23.3. The van der Waals surface area contributed by atoms with Gasteiger partial charge in [-0.15, -0.1) is 0 Å². The number of amidine groups is 1. The van der Waals surface area contributed by atoms with Crippen molar-refractivity contribution in [1.82, 2.24) is 10.2 Å². The number of benzene rings is 2. The Morgan fingerprint density at radius 3 is 2.62 bits per heavy atom. The van der Waals surface area contributed by atoms with Gasteiger partial charge < -0.3 is 15.0 Å². The fourth-order valence-corrected chi connectivity index (χ4v) is 4.14. The van der Waals surface area contributed by atoms with E-state index in [-0.39, 0.29) is 28.5 Å². The number of piperazine rings is 1. The molecule has 4 rings (SSSR count). The summed E-state index contributed by atoms with van der Waals surface area (Å²) >= 11 is 1.05. The molecule has 34 heavy (non-hydrogen) atoms. The number of rotatable bonds is 3. The highest BCUT2D eigenvalue weighted by atomic mass is 32.2. The van der Waals surface area contributed by atoms with E-state index in [1.54, 1.807) is 11.0 Å². The second-order valence-electron chi connectivity index (χ2n) is 7.19. The second kappa shape index (κ2) is 9.18. The minimum atomic E-state index is -4.81. The number of carbonyl (C=O) groups excluding carboxylic acids is 2. The number of nitriles is 1. The van der Waals surface area contributed by atoms with Gasteiger partial charge in [0.05, 0.1) is 28.6 Å². The van der Waals surface area contributed by atoms with Gasteiger partial charge in [-0.1, -0.05) is 6.07 Å². The summed E-state index contributed by atoms with van der Waals surface area (Å²) < 4.78 is 59.8. The lowest BCUT2D eigenvalue weighted by Gasteiger charge is -2.27. The minimum Gasteiger partial charge on any atom is -0.454 e. The quantitative estimate of drug-likeness (QED) is 0.518. The molecule has 0 atom stereocenters. The number of hydrogen-bond acceptors (Lipinski definition) is 6. The van der Waals surface area contributed by atoms with Crippen molar-refractivity contribution in [3.05, 3.63) is 63.8 Å². The van der Waals surface area contributed by atoms with E-state index in [0.29, 0.717) is 24.3 Å². The summed E-state index contributed by atoms with van der Waals surface area (Å²) in [6.07, 6.45) is -3.42. The second-order valence-corrected chi connectivity index (χ2v) is 8.20. The van der Waals surface area contributed by atoms with E-state index < -0.39 is 35.0 Å². The van der Waals surface area contributed by atoms with Gasteiger partial charge in [-0.05, 0) is 53.7 Å². The third kappa shape index (κ3) is 5.04. The van der Waals surface area contributed by atoms with Crippen molar-refractivity contribution in [3.8, 4) is 17.6 Å². The topological polar surface area (TPSA) is 94.8 Å². The summed E-state index contributed by atoms with van der Waals surface area (Å²) in [5.41, 5.74) is -1.15. The number of thioether (sulfide) groups is 1. The van der Waals surface area contributed by atoms with Crippen molar-refractivity contribution in [2.75, 3.05) is 19.6 Å². The first-order chi connectivity index (χ1) is 16.1. The van der Waals surface area contributed by atoms with Crippen LogP contribution < -0.4 is 10.1 Å². The zero-order chi connectivity index (χ0) is 24.5. The average Bonchev–Trinajstić information content (AvgIpc) is 3.15. The van der Waals surface area contributed by atoms with Crippen LogP contribution in [0, 0.1) is 17.1 Å². The van der Waals surface area contributed by atoms with E-state index in [2.05, 4.69) is 10.3 Å². The van der Waals surface area contributed by atoms with Crippen molar-refractivity contribution >= 4 is 34.8 Å². The summed E-state index contributed by atoms with van der Waals surface area (Å²) in [4.78, 5) is 29.6. The maximum Gasteiger partial charge on any atom is 0.420 e. The number of hydrogen-bond donors (Lipinski definition) is 1. The minimum absolute atomic E-state index is 0.0717. The SMILES string of the molecule is N#Cc1ccc(Oc2ccc(/C=C3/SC(N4CCNC(=O)C4)=NC3=O)cc2F)c(C(F)(F)F)c1. The molecule has 2 aliphatic heterocycles. The Hall–Kier alpha value is -3.85. The van der Waals surface area contributed by atoms with Crippen molar-refractivity contribution in [2.45, 2.75) is 6.18 Å². The van der Waals surface area contributed by atoms with Crippen LogP contribution in [-0.4, -0.2) is 41.5 Å². The summed E-state index contributed by atoms with van der Waals surface area (Å²) in [5, 5.41) is 11.9. The molecule has 2 heterocycles. The van der Waals surface area contributed by atoms with Gasteiger partial charge in [0.1, 0.15) is 5.75 Å². The summed E-state index contributed by atoms with van der Waals surface area (Å²) in [5.74, 6) is -2.79. The number of nitrogens with zero attached hydrogens (tertiary/aromatic N) is 3. The Labute approximate surface area is 194 Å². The van der Waals surface area contributed by atoms with Crippen LogP contribution in [0.4, 0.5) is 17.6 Å². The van der Waals surface area contributed by atoms with Crippen LogP contribution in [0.1, 0.15) is 16.7 Å². The van der Waals surface area contributed by atoms with Crippen molar-refractivity contribution < 1.29 is 31.9 Å². The standard InChI is InChI=1S/C22H14F4N4O3S/c23-15-8-12(9-18-20(32)29-21(34-18)30-6-5-28-19(31)11-30)1-4-17(15)33-16-3-2-13(10-27)7-14(16)22(24,25)26/h1-4,7-9H,5-6,11H2,(H,28,31)/b18-9+. The highest BCUT2D eigenvalue weighted by molar-refractivity contribution is 8.18. The molecule has 1 saturated heterocycles. The maximum absolute atomic E-state index is 14.6. The fourth-order valence-electron chi connectivity index (χ4n) is 3.20. The lowest BCUT2D eigenvalue weighted by atomic mass is 10.1. The van der Waals surface area contributed by atoms with Crippen LogP contribution in [0.25, 0.3) is 6.08 Å². The Morgan fingerprint density at radius 2 is 1.94 bits per heavy atom. The molecule has 12 heteroatoms. The number of halogens is 4. The zero-order valence-corrected chi connectivity index (χ0v) is 18.0. The van der Waals surface area contributed by atoms with E-state index in [1.807, 2.05) is 0 Å². The molecular formula is C22H14F4N4O3S. The average molecular weight is 490 g/mol. The number of amides is 2. The molecule has 1 fully saturated rings. The van der Waals surface area contributed by atoms with Gasteiger partial charge in [0.25, 0.3) is 5.91 Å². The molecule has 0 saturated carbocycles. The van der Waals surface area contributed by atoms with Gasteiger partial charge in [0, 0.05) is 13.1 Å². The molecule has 2 aromatic carbocycles. The zero-order valence-electron chi connectivity index (χ0n) is 17.1. The van der Waals surface area contributed by atoms with Crippen molar-refractivity contribution in [2.24, 2.45) is 4.99 Å². The highest BCUT2D eigenvalue weighted by Crippen LogP contribution is 2.39. The summed E-state index contributed by atoms with van der Waals surface area (Å²) in [6, 6.07) is 7.85. The normalized spacial score (nSPS) is 17.4. The molecule has 2 aromatic rings. The molecule has 1 N–H and O–H groups in total. The monoisotopic (exact) mass is 490 g/mol. The molecule has 0 radical (unpaired) electrons. The fraction of sp³-hybridized carbons (Fsp3) is 0.182. The van der Waals surface area contributed by atoms with E-state index in [4.69, 9.17) is 10.00 Å². The smallest absolute Gasteiger partial charge is 0.420 e. The Kier molecular flexibility index (Phi) is 6.30. The molecule has 0 spiro atoms. The Balaban J connectivity index is 1.53. The molecule has 174 valence electrons. The van der Waals surface area contributed by atoms with Crippen molar-refractivity contribution in [3.63, 3.8) is 0 Å². The van der Waals surface area contributed by atoms with Gasteiger partial charge in [-0.3, -0.25) is 9.59 Å². The largest absolute Gasteiger partial charge is 0.454 e. The molecule has 2 amide bonds. The van der Waals surface area contributed by atoms with Crippen LogP contribution in [0.5, 0.6) is 11.5 Å². The molecule has 0 aromatic heterocycles. The lowest BCUT2D eigenvalue weighted by Crippen LogP contribution is -2.49. The molecule has 0 bridgehead atoms. The predicted octanol–water partition coefficient (Wildman–Crippen LogP) is 3.91. The molecule has 7 nitrogen and oxygen atoms in total. The van der Waals surface area contributed by atoms with Crippen LogP contribution >= 0.6 is 11.8 Å². The Morgan fingerprint density at radius 1 is 1.18 bits per heavy atom. The van der Waals surface area contributed by atoms with E-state index in [1.165, 1.54) is 12.1 Å². The lowest BCUT2D eigenvalue weighted by molar-refractivity contribution is -0.138. The molecule has 0 aliphatic carbocycles. The Bertz CT molecular complexity index is 1280. The van der Waals surface area contributed by atoms with E-state index in [9.17, 15) is 27.2 Å². The van der Waals surface area contributed by atoms with Gasteiger partial charge in [-0.2, -0.15) is 23.4 Å². The molecule has 2 aliphatic rings. The van der Waals surface area contributed by atoms with Crippen molar-refractivity contribution in [1.29, 1.82) is 5.26 Å². The molecule has 0 unspecified atom stereocenters. The van der Waals surface area contributed by atoms with Crippen LogP contribution in [-0.2, 0) is 15.8 Å². The number of ether oxygens (including phenoxy) is 1. The number of alkyl halides is 3. The van der Waals surface area contributed by atoms with Gasteiger partial charge in [-0.25, -0.2) is 4.39 Å². The predicted molar refractivity (Wildman–Crippen MR) is 115 cm³/mol. The van der Waals surface area contributed by atoms with Crippen LogP contribution in [0.2, 0.25) is 0 Å². The van der Waals surface area contributed by atoms with E-state index >= 15 is 0 Å². The van der Waals surface area contributed by atoms with E-state index in [0.717, 1.165) is 36.0 Å². The highest BCUT2D eigenvalue weighted by Gasteiger charge is 2.35. The number of nitrogens with one attached hydrogen (secondary N) is 1. The summed E-state index contributed by atoms with van der Waals surface area (Å²) in [6.45, 7) is 0.990. The third-order valence-corrected chi connectivity index (χ3v) is 5.85. The van der Waals surface area contributed by atoms with Crippen LogP contribution in [0.15, 0.2) is 46.3 Å². The van der Waals surface area contributed by atoms with Gasteiger partial charge in [0.15, 0.2) is 16.7 Å². The van der Waals surface area contributed by atoms with Gasteiger partial charge >= 0.3 is 6.18 Å². The first-order valence-electron chi connectivity index (χ1n) is 9.77. The van der Waals surface area contributed by atoms with Crippen LogP contribution in [0.3, 0.4) is 0 Å². The number of aliphatic imine (C=N–C) groups is 1.